The number of aromatic nitrogens is 1. The molecule has 14 heavy (non-hydrogen) atoms. The molecule has 2 aromatic rings. The number of aliphatic hydroxyl groups is 1. The molecule has 0 atom stereocenters. The largest absolute Gasteiger partial charge is 0.395 e. The van der Waals surface area contributed by atoms with Gasteiger partial charge in [0.2, 0.25) is 0 Å². The van der Waals surface area contributed by atoms with Crippen LogP contribution in [-0.2, 0) is 0 Å². The summed E-state index contributed by atoms with van der Waals surface area (Å²) in [5, 5.41) is 8.57. The first kappa shape index (κ1) is 9.20. The van der Waals surface area contributed by atoms with Crippen molar-refractivity contribution in [2.45, 2.75) is 6.42 Å². The lowest BCUT2D eigenvalue weighted by molar-refractivity contribution is 0.305. The number of rotatable bonds is 1. The van der Waals surface area contributed by atoms with Gasteiger partial charge in [-0.3, -0.25) is 0 Å². The molecule has 1 aromatic heterocycles. The van der Waals surface area contributed by atoms with Crippen LogP contribution in [0.15, 0.2) is 23.7 Å². The average molecular weight is 203 g/mol. The predicted molar refractivity (Wildman–Crippen MR) is 58.2 cm³/mol. The smallest absolute Gasteiger partial charge is 0.0824 e. The Kier molecular flexibility index (Phi) is 2.78. The van der Waals surface area contributed by atoms with Crippen LogP contribution in [0.1, 0.15) is 12.0 Å². The second kappa shape index (κ2) is 4.23. The third kappa shape index (κ3) is 1.92. The second-order valence-electron chi connectivity index (χ2n) is 2.81. The predicted octanol–water partition coefficient (Wildman–Crippen LogP) is 2.03. The number of benzene rings is 1. The van der Waals surface area contributed by atoms with Gasteiger partial charge in [-0.25, -0.2) is 4.98 Å². The molecule has 0 saturated heterocycles. The van der Waals surface area contributed by atoms with E-state index in [0.717, 1.165) is 11.1 Å². The van der Waals surface area contributed by atoms with Crippen molar-refractivity contribution in [1.29, 1.82) is 0 Å². The first-order valence-electron chi connectivity index (χ1n) is 4.33. The van der Waals surface area contributed by atoms with E-state index in [1.54, 1.807) is 11.3 Å². The fourth-order valence-corrected chi connectivity index (χ4v) is 1.81. The van der Waals surface area contributed by atoms with Gasteiger partial charge >= 0.3 is 0 Å². The van der Waals surface area contributed by atoms with Crippen LogP contribution in [0.5, 0.6) is 0 Å². The molecule has 0 aliphatic heterocycles. The second-order valence-corrected chi connectivity index (χ2v) is 3.70. The van der Waals surface area contributed by atoms with E-state index in [2.05, 4.69) is 16.8 Å². The molecule has 0 amide bonds. The maximum atomic E-state index is 8.57. The Morgan fingerprint density at radius 2 is 2.36 bits per heavy atom. The molecule has 1 heterocycles. The van der Waals surface area contributed by atoms with Crippen LogP contribution in [0, 0.1) is 11.8 Å². The number of thiazole rings is 1. The quantitative estimate of drug-likeness (QED) is 0.719. The summed E-state index contributed by atoms with van der Waals surface area (Å²) in [6.45, 7) is 0.117. The zero-order valence-electron chi connectivity index (χ0n) is 7.53. The standard InChI is InChI=1S/C11H9NOS/c13-6-2-1-3-9-4-5-11-10(7-9)12-8-14-11/h4-5,7-8,13H,2,6H2. The first-order chi connectivity index (χ1) is 6.90. The van der Waals surface area contributed by atoms with Crippen LogP contribution in [-0.4, -0.2) is 16.7 Å². The normalized spacial score (nSPS) is 9.79. The van der Waals surface area contributed by atoms with Gasteiger partial charge in [-0.05, 0) is 18.2 Å². The molecule has 0 aliphatic carbocycles. The topological polar surface area (TPSA) is 33.1 Å². The monoisotopic (exact) mass is 203 g/mol. The van der Waals surface area contributed by atoms with E-state index < -0.39 is 0 Å². The number of hydrogen-bond donors (Lipinski definition) is 1. The lowest BCUT2D eigenvalue weighted by Crippen LogP contribution is -1.78. The van der Waals surface area contributed by atoms with Crippen molar-refractivity contribution in [3.05, 3.63) is 29.3 Å². The summed E-state index contributed by atoms with van der Waals surface area (Å²) >= 11 is 1.63. The summed E-state index contributed by atoms with van der Waals surface area (Å²) in [6.07, 6.45) is 0.523. The Hall–Kier alpha value is -1.37. The molecular weight excluding hydrogens is 194 g/mol. The van der Waals surface area contributed by atoms with Crippen molar-refractivity contribution in [2.24, 2.45) is 0 Å². The number of hydrogen-bond acceptors (Lipinski definition) is 3. The van der Waals surface area contributed by atoms with Crippen molar-refractivity contribution in [2.75, 3.05) is 6.61 Å². The van der Waals surface area contributed by atoms with Crippen LogP contribution in [0.3, 0.4) is 0 Å². The van der Waals surface area contributed by atoms with Crippen molar-refractivity contribution in [3.8, 4) is 11.8 Å². The highest BCUT2D eigenvalue weighted by Crippen LogP contribution is 2.18. The molecule has 1 aromatic carbocycles. The zero-order chi connectivity index (χ0) is 9.80. The maximum absolute atomic E-state index is 8.57. The van der Waals surface area contributed by atoms with Crippen LogP contribution in [0.25, 0.3) is 10.2 Å². The number of fused-ring (bicyclic) bond motifs is 1. The Balaban J connectivity index is 2.31. The number of aliphatic hydroxyl groups excluding tert-OH is 1. The van der Waals surface area contributed by atoms with Crippen molar-refractivity contribution in [1.82, 2.24) is 4.98 Å². The van der Waals surface area contributed by atoms with E-state index in [4.69, 9.17) is 5.11 Å². The van der Waals surface area contributed by atoms with Crippen molar-refractivity contribution < 1.29 is 5.11 Å². The summed E-state index contributed by atoms with van der Waals surface area (Å²) in [6, 6.07) is 5.97. The van der Waals surface area contributed by atoms with Gasteiger partial charge in [-0.1, -0.05) is 11.8 Å². The van der Waals surface area contributed by atoms with E-state index in [9.17, 15) is 0 Å². The van der Waals surface area contributed by atoms with Gasteiger partial charge in [0.1, 0.15) is 0 Å². The van der Waals surface area contributed by atoms with Crippen molar-refractivity contribution in [3.63, 3.8) is 0 Å². The van der Waals surface area contributed by atoms with Crippen LogP contribution in [0.4, 0.5) is 0 Å². The highest BCUT2D eigenvalue weighted by Gasteiger charge is 1.95. The Morgan fingerprint density at radius 3 is 3.21 bits per heavy atom. The summed E-state index contributed by atoms with van der Waals surface area (Å²) in [5.74, 6) is 5.87. The molecule has 0 radical (unpaired) electrons. The molecule has 2 nitrogen and oxygen atoms in total. The SMILES string of the molecule is OCCC#Cc1ccc2scnc2c1. The van der Waals surface area contributed by atoms with E-state index in [-0.39, 0.29) is 6.61 Å². The lowest BCUT2D eigenvalue weighted by Gasteiger charge is -1.89. The fourth-order valence-electron chi connectivity index (χ4n) is 1.16. The molecule has 1 N–H and O–H groups in total. The van der Waals surface area contributed by atoms with Gasteiger partial charge in [-0.2, -0.15) is 0 Å². The molecule has 0 aliphatic rings. The minimum absolute atomic E-state index is 0.117. The van der Waals surface area contributed by atoms with Crippen LogP contribution < -0.4 is 0 Å². The third-order valence-electron chi connectivity index (χ3n) is 1.80. The van der Waals surface area contributed by atoms with Crippen LogP contribution in [0.2, 0.25) is 0 Å². The van der Waals surface area contributed by atoms with E-state index in [0.29, 0.717) is 6.42 Å². The molecular formula is C11H9NOS. The Bertz CT molecular complexity index is 492. The third-order valence-corrected chi connectivity index (χ3v) is 2.61. The first-order valence-corrected chi connectivity index (χ1v) is 5.21. The minimum atomic E-state index is 0.117. The van der Waals surface area contributed by atoms with Gasteiger partial charge in [0.25, 0.3) is 0 Å². The van der Waals surface area contributed by atoms with Gasteiger partial charge < -0.3 is 5.11 Å². The fraction of sp³-hybridized carbons (Fsp3) is 0.182. The molecule has 0 spiro atoms. The van der Waals surface area contributed by atoms with Crippen LogP contribution >= 0.6 is 11.3 Å². The maximum Gasteiger partial charge on any atom is 0.0824 e. The molecule has 70 valence electrons. The molecule has 0 saturated carbocycles. The minimum Gasteiger partial charge on any atom is -0.395 e. The Labute approximate surface area is 86.2 Å². The van der Waals surface area contributed by atoms with E-state index in [1.165, 1.54) is 4.70 Å². The highest BCUT2D eigenvalue weighted by molar-refractivity contribution is 7.16. The summed E-state index contributed by atoms with van der Waals surface area (Å²) in [5.41, 5.74) is 3.78. The highest BCUT2D eigenvalue weighted by atomic mass is 32.1. The summed E-state index contributed by atoms with van der Waals surface area (Å²) in [4.78, 5) is 4.21. The molecule has 3 heteroatoms. The zero-order valence-corrected chi connectivity index (χ0v) is 8.34. The van der Waals surface area contributed by atoms with E-state index in [1.807, 2.05) is 23.7 Å². The average Bonchev–Trinajstić information content (AvgIpc) is 2.65. The molecule has 0 fully saturated rings. The van der Waals surface area contributed by atoms with Gasteiger partial charge in [0.15, 0.2) is 0 Å². The van der Waals surface area contributed by atoms with E-state index >= 15 is 0 Å². The Morgan fingerprint density at radius 1 is 1.43 bits per heavy atom. The van der Waals surface area contributed by atoms with Gasteiger partial charge in [0.05, 0.1) is 22.3 Å². The van der Waals surface area contributed by atoms with Gasteiger partial charge in [-0.15, -0.1) is 11.3 Å². The van der Waals surface area contributed by atoms with Crippen molar-refractivity contribution >= 4 is 21.6 Å². The summed E-state index contributed by atoms with van der Waals surface area (Å²) in [7, 11) is 0. The number of nitrogens with zero attached hydrogens (tertiary/aromatic N) is 1. The molecule has 0 bridgehead atoms. The summed E-state index contributed by atoms with van der Waals surface area (Å²) < 4.78 is 1.18. The molecule has 2 rings (SSSR count). The lowest BCUT2D eigenvalue weighted by atomic mass is 10.2. The molecule has 0 unspecified atom stereocenters. The van der Waals surface area contributed by atoms with Gasteiger partial charge in [0, 0.05) is 12.0 Å².